The molecule has 1 aliphatic rings. The summed E-state index contributed by atoms with van der Waals surface area (Å²) in [7, 11) is 0. The van der Waals surface area contributed by atoms with Crippen molar-refractivity contribution in [3.63, 3.8) is 0 Å². The Balaban J connectivity index is 1.79. The fourth-order valence-corrected chi connectivity index (χ4v) is 2.77. The van der Waals surface area contributed by atoms with E-state index < -0.39 is 0 Å². The normalized spacial score (nSPS) is 17.4. The molecule has 0 unspecified atom stereocenters. The van der Waals surface area contributed by atoms with E-state index in [1.54, 1.807) is 12.1 Å². The van der Waals surface area contributed by atoms with E-state index in [4.69, 9.17) is 11.6 Å². The molecule has 3 rings (SSSR count). The Hall–Kier alpha value is -1.87. The van der Waals surface area contributed by atoms with Crippen LogP contribution >= 0.6 is 11.6 Å². The highest BCUT2D eigenvalue weighted by molar-refractivity contribution is 6.29. The van der Waals surface area contributed by atoms with E-state index in [1.807, 2.05) is 12.1 Å². The Morgan fingerprint density at radius 3 is 2.90 bits per heavy atom. The zero-order valence-corrected chi connectivity index (χ0v) is 11.7. The fraction of sp³-hybridized carbons (Fsp3) is 0.250. The van der Waals surface area contributed by atoms with E-state index in [1.165, 1.54) is 17.3 Å². The number of carbonyl (C=O) groups is 1. The van der Waals surface area contributed by atoms with Crippen LogP contribution in [0.25, 0.3) is 0 Å². The van der Waals surface area contributed by atoms with E-state index in [0.29, 0.717) is 10.7 Å². The first-order valence-corrected chi connectivity index (χ1v) is 7.12. The lowest BCUT2D eigenvalue weighted by molar-refractivity contribution is 0.0932. The third-order valence-electron chi connectivity index (χ3n) is 3.66. The van der Waals surface area contributed by atoms with Crippen LogP contribution < -0.4 is 5.32 Å². The number of benzene rings is 1. The topological polar surface area (TPSA) is 42.0 Å². The first-order valence-electron chi connectivity index (χ1n) is 6.74. The maximum Gasteiger partial charge on any atom is 0.253 e. The van der Waals surface area contributed by atoms with Crippen LogP contribution in [0.4, 0.5) is 0 Å². The lowest BCUT2D eigenvalue weighted by atomic mass is 9.87. The molecule has 1 aromatic carbocycles. The number of hydrogen-bond acceptors (Lipinski definition) is 2. The molecule has 1 aliphatic carbocycles. The number of aromatic nitrogens is 1. The van der Waals surface area contributed by atoms with Gasteiger partial charge in [-0.25, -0.2) is 4.98 Å². The maximum atomic E-state index is 12.2. The molecule has 0 fully saturated rings. The fourth-order valence-electron chi connectivity index (χ4n) is 2.66. The zero-order chi connectivity index (χ0) is 13.9. The largest absolute Gasteiger partial charge is 0.345 e. The van der Waals surface area contributed by atoms with Crippen molar-refractivity contribution in [2.75, 3.05) is 0 Å². The van der Waals surface area contributed by atoms with Crippen molar-refractivity contribution in [1.29, 1.82) is 0 Å². The van der Waals surface area contributed by atoms with Gasteiger partial charge in [0.2, 0.25) is 0 Å². The number of halogens is 1. The smallest absolute Gasteiger partial charge is 0.253 e. The predicted molar refractivity (Wildman–Crippen MR) is 78.8 cm³/mol. The first kappa shape index (κ1) is 13.1. The summed E-state index contributed by atoms with van der Waals surface area (Å²) < 4.78 is 0. The number of hydrogen-bond donors (Lipinski definition) is 1. The average molecular weight is 287 g/mol. The summed E-state index contributed by atoms with van der Waals surface area (Å²) in [6.45, 7) is 0. The van der Waals surface area contributed by atoms with Crippen LogP contribution in [0.1, 0.15) is 40.4 Å². The molecule has 102 valence electrons. The molecule has 1 amide bonds. The van der Waals surface area contributed by atoms with Gasteiger partial charge < -0.3 is 5.32 Å². The summed E-state index contributed by atoms with van der Waals surface area (Å²) in [4.78, 5) is 16.2. The SMILES string of the molecule is O=C(N[C@@H]1CCCc2ccccc21)c1ccc(Cl)nc1. The average Bonchev–Trinajstić information content (AvgIpc) is 2.48. The molecule has 0 spiro atoms. The van der Waals surface area contributed by atoms with Crippen LogP contribution in [-0.4, -0.2) is 10.9 Å². The summed E-state index contributed by atoms with van der Waals surface area (Å²) in [5, 5.41) is 3.48. The van der Waals surface area contributed by atoms with E-state index in [0.717, 1.165) is 19.3 Å². The van der Waals surface area contributed by atoms with Crippen molar-refractivity contribution in [1.82, 2.24) is 10.3 Å². The number of nitrogens with one attached hydrogen (secondary N) is 1. The van der Waals surface area contributed by atoms with E-state index in [9.17, 15) is 4.79 Å². The van der Waals surface area contributed by atoms with Gasteiger partial charge >= 0.3 is 0 Å². The van der Waals surface area contributed by atoms with Gasteiger partial charge in [0.05, 0.1) is 11.6 Å². The van der Waals surface area contributed by atoms with Gasteiger partial charge in [-0.1, -0.05) is 35.9 Å². The lowest BCUT2D eigenvalue weighted by Gasteiger charge is -2.26. The Bertz CT molecular complexity index is 625. The predicted octanol–water partition coefficient (Wildman–Crippen LogP) is 3.54. The number of nitrogens with zero attached hydrogens (tertiary/aromatic N) is 1. The number of rotatable bonds is 2. The van der Waals surface area contributed by atoms with Crippen molar-refractivity contribution in [2.24, 2.45) is 0 Å². The molecular weight excluding hydrogens is 272 g/mol. The summed E-state index contributed by atoms with van der Waals surface area (Å²) in [6.07, 6.45) is 4.67. The maximum absolute atomic E-state index is 12.2. The molecule has 1 aromatic heterocycles. The van der Waals surface area contributed by atoms with Crippen molar-refractivity contribution in [2.45, 2.75) is 25.3 Å². The van der Waals surface area contributed by atoms with Gasteiger partial charge in [-0.2, -0.15) is 0 Å². The molecule has 0 aliphatic heterocycles. The van der Waals surface area contributed by atoms with Crippen molar-refractivity contribution >= 4 is 17.5 Å². The second-order valence-corrected chi connectivity index (χ2v) is 5.37. The molecule has 0 saturated heterocycles. The minimum absolute atomic E-state index is 0.0862. The molecule has 1 N–H and O–H groups in total. The standard InChI is InChI=1S/C16H15ClN2O/c17-15-9-8-12(10-18-15)16(20)19-14-7-3-5-11-4-1-2-6-13(11)14/h1-2,4,6,8-10,14H,3,5,7H2,(H,19,20)/t14-/m1/s1. The highest BCUT2D eigenvalue weighted by Gasteiger charge is 2.21. The molecule has 4 heteroatoms. The second kappa shape index (κ2) is 5.63. The first-order chi connectivity index (χ1) is 9.74. The Morgan fingerprint density at radius 1 is 1.25 bits per heavy atom. The van der Waals surface area contributed by atoms with Gasteiger partial charge in [0.1, 0.15) is 5.15 Å². The highest BCUT2D eigenvalue weighted by Crippen LogP contribution is 2.29. The van der Waals surface area contributed by atoms with Crippen molar-refractivity contribution in [3.05, 3.63) is 64.4 Å². The van der Waals surface area contributed by atoms with Crippen molar-refractivity contribution < 1.29 is 4.79 Å². The van der Waals surface area contributed by atoms with Gasteiger partial charge in [0.25, 0.3) is 5.91 Å². The molecule has 0 radical (unpaired) electrons. The second-order valence-electron chi connectivity index (χ2n) is 4.99. The molecule has 0 bridgehead atoms. The van der Waals surface area contributed by atoms with E-state index >= 15 is 0 Å². The van der Waals surface area contributed by atoms with Crippen LogP contribution in [0.15, 0.2) is 42.6 Å². The van der Waals surface area contributed by atoms with E-state index in [2.05, 4.69) is 22.4 Å². The molecular formula is C16H15ClN2O. The summed E-state index contributed by atoms with van der Waals surface area (Å²) >= 11 is 5.73. The van der Waals surface area contributed by atoms with Crippen LogP contribution in [0.5, 0.6) is 0 Å². The summed E-state index contributed by atoms with van der Waals surface area (Å²) in [5.41, 5.74) is 3.10. The number of aryl methyl sites for hydroxylation is 1. The van der Waals surface area contributed by atoms with Gasteiger partial charge in [-0.15, -0.1) is 0 Å². The van der Waals surface area contributed by atoms with Crippen LogP contribution in [0, 0.1) is 0 Å². The minimum Gasteiger partial charge on any atom is -0.345 e. The van der Waals surface area contributed by atoms with Gasteiger partial charge in [-0.3, -0.25) is 4.79 Å². The Labute approximate surface area is 123 Å². The van der Waals surface area contributed by atoms with Crippen LogP contribution in [-0.2, 0) is 6.42 Å². The number of pyridine rings is 1. The molecule has 2 aromatic rings. The quantitative estimate of drug-likeness (QED) is 0.858. The summed E-state index contributed by atoms with van der Waals surface area (Å²) in [6, 6.07) is 11.7. The third kappa shape index (κ3) is 2.68. The molecule has 1 heterocycles. The lowest BCUT2D eigenvalue weighted by Crippen LogP contribution is -2.31. The van der Waals surface area contributed by atoms with Crippen molar-refractivity contribution in [3.8, 4) is 0 Å². The van der Waals surface area contributed by atoms with Gasteiger partial charge in [-0.05, 0) is 42.5 Å². The Kier molecular flexibility index (Phi) is 3.70. The van der Waals surface area contributed by atoms with E-state index in [-0.39, 0.29) is 11.9 Å². The monoisotopic (exact) mass is 286 g/mol. The Morgan fingerprint density at radius 2 is 2.10 bits per heavy atom. The number of amides is 1. The summed E-state index contributed by atoms with van der Waals surface area (Å²) in [5.74, 6) is -0.101. The highest BCUT2D eigenvalue weighted by atomic mass is 35.5. The third-order valence-corrected chi connectivity index (χ3v) is 3.89. The molecule has 1 atom stereocenters. The molecule has 20 heavy (non-hydrogen) atoms. The molecule has 0 saturated carbocycles. The number of carbonyl (C=O) groups excluding carboxylic acids is 1. The number of fused-ring (bicyclic) bond motifs is 1. The van der Waals surface area contributed by atoms with Gasteiger partial charge in [0.15, 0.2) is 0 Å². The minimum atomic E-state index is -0.101. The van der Waals surface area contributed by atoms with Crippen LogP contribution in [0.3, 0.4) is 0 Å². The zero-order valence-electron chi connectivity index (χ0n) is 11.0. The van der Waals surface area contributed by atoms with Crippen LogP contribution in [0.2, 0.25) is 5.15 Å². The molecule has 3 nitrogen and oxygen atoms in total. The van der Waals surface area contributed by atoms with Gasteiger partial charge in [0, 0.05) is 6.20 Å².